The predicted molar refractivity (Wildman–Crippen MR) is 75.6 cm³/mol. The fraction of sp³-hybridized carbons (Fsp3) is 0.176. The van der Waals surface area contributed by atoms with Crippen molar-refractivity contribution >= 4 is 11.6 Å². The topological polar surface area (TPSA) is 34.1 Å². The Hall–Kier alpha value is -2.43. The molecule has 0 aliphatic rings. The summed E-state index contributed by atoms with van der Waals surface area (Å²) in [7, 11) is 0. The third-order valence-electron chi connectivity index (χ3n) is 3.28. The number of hydrogen-bond acceptors (Lipinski definition) is 2. The summed E-state index contributed by atoms with van der Waals surface area (Å²) in [5.74, 6) is -3.91. The number of hydrogen-bond donors (Lipinski definition) is 0. The van der Waals surface area contributed by atoms with Crippen LogP contribution in [-0.4, -0.2) is 17.7 Å². The van der Waals surface area contributed by atoms with Crippen LogP contribution in [0.2, 0.25) is 0 Å². The molecule has 2 aromatic rings. The molecule has 0 spiro atoms. The molecule has 0 aliphatic carbocycles. The summed E-state index contributed by atoms with van der Waals surface area (Å²) in [6.45, 7) is 0. The van der Waals surface area contributed by atoms with Crippen LogP contribution in [0.3, 0.4) is 0 Å². The van der Waals surface area contributed by atoms with E-state index in [1.54, 1.807) is 36.4 Å². The molecule has 0 fully saturated rings. The first-order valence-corrected chi connectivity index (χ1v) is 6.64. The zero-order valence-electron chi connectivity index (χ0n) is 11.5. The lowest BCUT2D eigenvalue weighted by atomic mass is 9.88. The van der Waals surface area contributed by atoms with Crippen molar-refractivity contribution in [3.05, 3.63) is 71.8 Å². The lowest BCUT2D eigenvalue weighted by Crippen LogP contribution is -2.30. The predicted octanol–water partition coefficient (Wildman–Crippen LogP) is 4.17. The van der Waals surface area contributed by atoms with Crippen LogP contribution in [0.15, 0.2) is 60.7 Å². The van der Waals surface area contributed by atoms with Crippen molar-refractivity contribution in [1.29, 1.82) is 0 Å². The molecule has 2 rings (SSSR count). The van der Waals surface area contributed by atoms with Crippen LogP contribution in [-0.2, 0) is 4.79 Å². The Morgan fingerprint density at radius 2 is 1.36 bits per heavy atom. The molecular weight excluding hydrogens is 293 g/mol. The summed E-state index contributed by atoms with van der Waals surface area (Å²) in [4.78, 5) is 23.8. The zero-order valence-corrected chi connectivity index (χ0v) is 11.5. The van der Waals surface area contributed by atoms with Gasteiger partial charge >= 0.3 is 6.18 Å². The van der Waals surface area contributed by atoms with Crippen molar-refractivity contribution in [2.75, 3.05) is 0 Å². The van der Waals surface area contributed by atoms with Gasteiger partial charge in [-0.3, -0.25) is 9.59 Å². The van der Waals surface area contributed by atoms with E-state index in [9.17, 15) is 22.8 Å². The molecule has 5 heteroatoms. The highest BCUT2D eigenvalue weighted by atomic mass is 19.4. The van der Waals surface area contributed by atoms with Gasteiger partial charge in [-0.2, -0.15) is 13.2 Å². The number of halogens is 3. The highest BCUT2D eigenvalue weighted by Crippen LogP contribution is 2.31. The van der Waals surface area contributed by atoms with Gasteiger partial charge < -0.3 is 0 Å². The van der Waals surface area contributed by atoms with E-state index >= 15 is 0 Å². The minimum absolute atomic E-state index is 0.189. The molecule has 0 aromatic heterocycles. The summed E-state index contributed by atoms with van der Waals surface area (Å²) in [5, 5.41) is 0. The molecule has 22 heavy (non-hydrogen) atoms. The fourth-order valence-electron chi connectivity index (χ4n) is 2.17. The summed E-state index contributed by atoms with van der Waals surface area (Å²) < 4.78 is 38.3. The monoisotopic (exact) mass is 306 g/mol. The Kier molecular flexibility index (Phi) is 4.75. The molecule has 0 radical (unpaired) electrons. The molecule has 0 heterocycles. The minimum atomic E-state index is -4.97. The molecule has 2 nitrogen and oxygen atoms in total. The van der Waals surface area contributed by atoms with Gasteiger partial charge in [0.15, 0.2) is 5.78 Å². The maximum Gasteiger partial charge on any atom is 0.450 e. The molecule has 1 unspecified atom stereocenters. The molecule has 0 saturated carbocycles. The average molecular weight is 306 g/mol. The third-order valence-corrected chi connectivity index (χ3v) is 3.28. The Bertz CT molecular complexity index is 649. The molecule has 1 atom stereocenters. The Morgan fingerprint density at radius 3 is 1.86 bits per heavy atom. The first-order chi connectivity index (χ1) is 10.4. The summed E-state index contributed by atoms with van der Waals surface area (Å²) >= 11 is 0. The maximum absolute atomic E-state index is 12.8. The van der Waals surface area contributed by atoms with Crippen LogP contribution < -0.4 is 0 Å². The number of ketones is 2. The number of rotatable bonds is 5. The van der Waals surface area contributed by atoms with Gasteiger partial charge in [-0.05, 0) is 5.56 Å². The Labute approximate surface area is 125 Å². The van der Waals surface area contributed by atoms with E-state index in [1.165, 1.54) is 24.3 Å². The van der Waals surface area contributed by atoms with Crippen LogP contribution in [0.1, 0.15) is 28.3 Å². The smallest absolute Gasteiger partial charge is 0.294 e. The molecule has 0 bridgehead atoms. The quantitative estimate of drug-likeness (QED) is 0.777. The zero-order chi connectivity index (χ0) is 16.2. The summed E-state index contributed by atoms with van der Waals surface area (Å²) in [6, 6.07) is 15.5. The highest BCUT2D eigenvalue weighted by molar-refractivity contribution is 6.01. The van der Waals surface area contributed by atoms with E-state index in [4.69, 9.17) is 0 Å². The highest BCUT2D eigenvalue weighted by Gasteiger charge is 2.44. The lowest BCUT2D eigenvalue weighted by molar-refractivity contribution is -0.172. The van der Waals surface area contributed by atoms with Gasteiger partial charge in [-0.25, -0.2) is 0 Å². The second kappa shape index (κ2) is 6.56. The first kappa shape index (κ1) is 15.9. The van der Waals surface area contributed by atoms with Crippen molar-refractivity contribution in [3.8, 4) is 0 Å². The normalized spacial score (nSPS) is 12.7. The van der Waals surface area contributed by atoms with Gasteiger partial charge in [0.1, 0.15) is 0 Å². The molecule has 0 N–H and O–H groups in total. The van der Waals surface area contributed by atoms with Gasteiger partial charge in [-0.1, -0.05) is 60.7 Å². The number of alkyl halides is 3. The fourth-order valence-corrected chi connectivity index (χ4v) is 2.17. The van der Waals surface area contributed by atoms with Crippen LogP contribution in [0.5, 0.6) is 0 Å². The van der Waals surface area contributed by atoms with Crippen LogP contribution >= 0.6 is 0 Å². The van der Waals surface area contributed by atoms with Crippen LogP contribution in [0.25, 0.3) is 0 Å². The van der Waals surface area contributed by atoms with Crippen molar-refractivity contribution < 1.29 is 22.8 Å². The van der Waals surface area contributed by atoms with E-state index in [1.807, 2.05) is 0 Å². The minimum Gasteiger partial charge on any atom is -0.294 e. The van der Waals surface area contributed by atoms with E-state index in [0.717, 1.165) is 0 Å². The van der Waals surface area contributed by atoms with Gasteiger partial charge in [0, 0.05) is 12.0 Å². The first-order valence-electron chi connectivity index (χ1n) is 6.64. The van der Waals surface area contributed by atoms with Crippen molar-refractivity contribution in [2.24, 2.45) is 0 Å². The van der Waals surface area contributed by atoms with E-state index < -0.39 is 30.1 Å². The number of carbonyl (C=O) groups is 2. The molecular formula is C17H13F3O2. The second-order valence-corrected chi connectivity index (χ2v) is 4.82. The summed E-state index contributed by atoms with van der Waals surface area (Å²) in [6.07, 6.45) is -5.48. The molecule has 0 saturated heterocycles. The Morgan fingerprint density at radius 1 is 0.864 bits per heavy atom. The van der Waals surface area contributed by atoms with Gasteiger partial charge in [0.25, 0.3) is 0 Å². The molecule has 2 aromatic carbocycles. The SMILES string of the molecule is O=C(CC(C(=O)C(F)(F)F)c1ccccc1)c1ccccc1. The van der Waals surface area contributed by atoms with Crippen LogP contribution in [0, 0.1) is 0 Å². The molecule has 0 aliphatic heterocycles. The number of benzene rings is 2. The van der Waals surface area contributed by atoms with E-state index in [-0.39, 0.29) is 5.56 Å². The number of carbonyl (C=O) groups excluding carboxylic acids is 2. The van der Waals surface area contributed by atoms with Crippen molar-refractivity contribution in [3.63, 3.8) is 0 Å². The maximum atomic E-state index is 12.8. The third kappa shape index (κ3) is 3.81. The van der Waals surface area contributed by atoms with Crippen molar-refractivity contribution in [2.45, 2.75) is 18.5 Å². The van der Waals surface area contributed by atoms with E-state index in [0.29, 0.717) is 5.56 Å². The number of Topliss-reactive ketones (excluding diaryl/α,β-unsaturated/α-hetero) is 2. The standard InChI is InChI=1S/C17H13F3O2/c18-17(19,20)16(22)14(12-7-3-1-4-8-12)11-15(21)13-9-5-2-6-10-13/h1-10,14H,11H2. The van der Waals surface area contributed by atoms with Gasteiger partial charge in [-0.15, -0.1) is 0 Å². The van der Waals surface area contributed by atoms with Gasteiger partial charge in [0.2, 0.25) is 5.78 Å². The molecule has 0 amide bonds. The van der Waals surface area contributed by atoms with Crippen molar-refractivity contribution in [1.82, 2.24) is 0 Å². The van der Waals surface area contributed by atoms with E-state index in [2.05, 4.69) is 0 Å². The second-order valence-electron chi connectivity index (χ2n) is 4.82. The molecule has 114 valence electrons. The Balaban J connectivity index is 2.30. The lowest BCUT2D eigenvalue weighted by Gasteiger charge is -2.17. The largest absolute Gasteiger partial charge is 0.450 e. The van der Waals surface area contributed by atoms with Gasteiger partial charge in [0.05, 0.1) is 5.92 Å². The average Bonchev–Trinajstić information content (AvgIpc) is 2.52. The summed E-state index contributed by atoms with van der Waals surface area (Å²) in [5.41, 5.74) is 0.479. The van der Waals surface area contributed by atoms with Crippen LogP contribution in [0.4, 0.5) is 13.2 Å².